The molecule has 25 heavy (non-hydrogen) atoms. The zero-order valence-electron chi connectivity index (χ0n) is 14.1. The van der Waals surface area contributed by atoms with E-state index in [-0.39, 0.29) is 11.9 Å². The summed E-state index contributed by atoms with van der Waals surface area (Å²) in [7, 11) is 0. The molecule has 3 aromatic rings. The summed E-state index contributed by atoms with van der Waals surface area (Å²) < 4.78 is 11.5. The van der Waals surface area contributed by atoms with Crippen LogP contribution < -0.4 is 0 Å². The molecule has 5 nitrogen and oxygen atoms in total. The zero-order chi connectivity index (χ0) is 17.2. The Labute approximate surface area is 146 Å². The molecule has 1 aliphatic rings. The minimum atomic E-state index is -0.196. The first-order chi connectivity index (χ1) is 12.3. The van der Waals surface area contributed by atoms with Crippen LogP contribution in [0.1, 0.15) is 34.8 Å². The summed E-state index contributed by atoms with van der Waals surface area (Å²) in [4.78, 5) is 19.3. The Morgan fingerprint density at radius 3 is 3.04 bits per heavy atom. The molecule has 0 radical (unpaired) electrons. The molecule has 1 fully saturated rings. The molecule has 0 spiro atoms. The number of aryl methyl sites for hydroxylation is 1. The van der Waals surface area contributed by atoms with Crippen molar-refractivity contribution in [1.29, 1.82) is 0 Å². The highest BCUT2D eigenvalue weighted by Gasteiger charge is 2.32. The van der Waals surface area contributed by atoms with E-state index < -0.39 is 0 Å². The molecule has 1 saturated heterocycles. The third-order valence-corrected chi connectivity index (χ3v) is 4.66. The first-order valence-electron chi connectivity index (χ1n) is 8.58. The number of aromatic nitrogens is 1. The van der Waals surface area contributed by atoms with Gasteiger partial charge in [-0.2, -0.15) is 0 Å². The third kappa shape index (κ3) is 2.91. The number of benzene rings is 1. The topological polar surface area (TPSA) is 55.6 Å². The summed E-state index contributed by atoms with van der Waals surface area (Å²) in [5, 5.41) is 1.88. The number of hydrogen-bond donors (Lipinski definition) is 0. The molecule has 1 amide bonds. The first-order valence-corrected chi connectivity index (χ1v) is 8.58. The zero-order valence-corrected chi connectivity index (χ0v) is 14.1. The lowest BCUT2D eigenvalue weighted by Gasteiger charge is -2.34. The van der Waals surface area contributed by atoms with Crippen molar-refractivity contribution in [3.8, 4) is 0 Å². The van der Waals surface area contributed by atoms with Gasteiger partial charge in [0.05, 0.1) is 13.2 Å². The van der Waals surface area contributed by atoms with E-state index >= 15 is 0 Å². The Morgan fingerprint density at radius 2 is 2.20 bits per heavy atom. The number of carbonyl (C=O) groups excluding carboxylic acids is 1. The van der Waals surface area contributed by atoms with E-state index in [2.05, 4.69) is 4.98 Å². The summed E-state index contributed by atoms with van der Waals surface area (Å²) in [6, 6.07) is 11.3. The summed E-state index contributed by atoms with van der Waals surface area (Å²) >= 11 is 0. The minimum Gasteiger partial charge on any atom is -0.464 e. The second kappa shape index (κ2) is 6.69. The normalized spacial score (nSPS) is 17.8. The maximum Gasteiger partial charge on any atom is 0.255 e. The highest BCUT2D eigenvalue weighted by molar-refractivity contribution is 6.06. The van der Waals surface area contributed by atoms with E-state index in [1.165, 1.54) is 0 Å². The van der Waals surface area contributed by atoms with Gasteiger partial charge < -0.3 is 14.1 Å². The lowest BCUT2D eigenvalue weighted by atomic mass is 10.0. The van der Waals surface area contributed by atoms with Crippen LogP contribution in [0.4, 0.5) is 0 Å². The number of nitrogens with zero attached hydrogens (tertiary/aromatic N) is 2. The van der Waals surface area contributed by atoms with Gasteiger partial charge in [-0.15, -0.1) is 0 Å². The molecule has 2 aromatic heterocycles. The molecule has 4 rings (SSSR count). The molecule has 1 unspecified atom stereocenters. The Hall–Kier alpha value is -2.66. The summed E-state index contributed by atoms with van der Waals surface area (Å²) in [6.45, 7) is 3.59. The van der Waals surface area contributed by atoms with Gasteiger partial charge in [-0.25, -0.2) is 0 Å². The fraction of sp³-hybridized carbons (Fsp3) is 0.300. The molecular formula is C20H20N2O3. The standard InChI is InChI=1S/C20H20N2O3/c1-2-15-6-7-19(25-15)18-13-24-11-10-22(18)20(23)17-5-3-4-14-12-21-9-8-16(14)17/h3-9,12,18H,2,10-11,13H2,1H3. The van der Waals surface area contributed by atoms with E-state index in [9.17, 15) is 4.79 Å². The van der Waals surface area contributed by atoms with Crippen molar-refractivity contribution in [1.82, 2.24) is 9.88 Å². The van der Waals surface area contributed by atoms with Crippen LogP contribution in [0, 0.1) is 0 Å². The van der Waals surface area contributed by atoms with E-state index in [1.54, 1.807) is 12.4 Å². The summed E-state index contributed by atoms with van der Waals surface area (Å²) in [5.74, 6) is 1.70. The van der Waals surface area contributed by atoms with Gasteiger partial charge in [0, 0.05) is 36.3 Å². The molecule has 0 bridgehead atoms. The maximum absolute atomic E-state index is 13.3. The van der Waals surface area contributed by atoms with Gasteiger partial charge in [-0.3, -0.25) is 9.78 Å². The van der Waals surface area contributed by atoms with E-state index in [4.69, 9.17) is 9.15 Å². The van der Waals surface area contributed by atoms with Crippen molar-refractivity contribution < 1.29 is 13.9 Å². The van der Waals surface area contributed by atoms with Gasteiger partial charge in [-0.1, -0.05) is 19.1 Å². The molecular weight excluding hydrogens is 316 g/mol. The number of hydrogen-bond acceptors (Lipinski definition) is 4. The van der Waals surface area contributed by atoms with Gasteiger partial charge in [0.1, 0.15) is 17.6 Å². The molecule has 1 atom stereocenters. The van der Waals surface area contributed by atoms with Gasteiger partial charge >= 0.3 is 0 Å². The number of rotatable bonds is 3. The van der Waals surface area contributed by atoms with Crippen LogP contribution >= 0.6 is 0 Å². The number of pyridine rings is 1. The molecule has 5 heteroatoms. The van der Waals surface area contributed by atoms with Crippen molar-refractivity contribution in [3.05, 3.63) is 65.9 Å². The van der Waals surface area contributed by atoms with Crippen molar-refractivity contribution >= 4 is 16.7 Å². The average Bonchev–Trinajstić information content (AvgIpc) is 3.16. The number of amides is 1. The van der Waals surface area contributed by atoms with Crippen molar-refractivity contribution in [2.24, 2.45) is 0 Å². The second-order valence-corrected chi connectivity index (χ2v) is 6.15. The fourth-order valence-corrected chi connectivity index (χ4v) is 3.31. The maximum atomic E-state index is 13.3. The van der Waals surface area contributed by atoms with Gasteiger partial charge in [0.25, 0.3) is 5.91 Å². The molecule has 0 N–H and O–H groups in total. The molecule has 3 heterocycles. The first kappa shape index (κ1) is 15.8. The Balaban J connectivity index is 1.71. The van der Waals surface area contributed by atoms with Crippen LogP contribution in [-0.4, -0.2) is 35.5 Å². The lowest BCUT2D eigenvalue weighted by Crippen LogP contribution is -2.43. The molecule has 1 aliphatic heterocycles. The monoisotopic (exact) mass is 336 g/mol. The number of carbonyl (C=O) groups is 1. The van der Waals surface area contributed by atoms with E-state index in [1.807, 2.05) is 48.2 Å². The highest BCUT2D eigenvalue weighted by atomic mass is 16.5. The van der Waals surface area contributed by atoms with E-state index in [0.717, 1.165) is 28.7 Å². The van der Waals surface area contributed by atoms with Crippen LogP contribution in [0.3, 0.4) is 0 Å². The smallest absolute Gasteiger partial charge is 0.255 e. The van der Waals surface area contributed by atoms with Crippen LogP contribution in [-0.2, 0) is 11.2 Å². The van der Waals surface area contributed by atoms with Crippen LogP contribution in [0.25, 0.3) is 10.8 Å². The Kier molecular flexibility index (Phi) is 4.24. The van der Waals surface area contributed by atoms with Gasteiger partial charge in [0.2, 0.25) is 0 Å². The molecule has 128 valence electrons. The van der Waals surface area contributed by atoms with Crippen molar-refractivity contribution in [2.45, 2.75) is 19.4 Å². The Bertz CT molecular complexity index is 897. The van der Waals surface area contributed by atoms with Crippen molar-refractivity contribution in [3.63, 3.8) is 0 Å². The SMILES string of the molecule is CCc1ccc(C2COCCN2C(=O)c2cccc3cnccc23)o1. The van der Waals surface area contributed by atoms with Crippen LogP contribution in [0.5, 0.6) is 0 Å². The predicted octanol–water partition coefficient (Wildman–Crippen LogP) is 3.60. The number of ether oxygens (including phenoxy) is 1. The quantitative estimate of drug-likeness (QED) is 0.733. The predicted molar refractivity (Wildman–Crippen MR) is 94.4 cm³/mol. The third-order valence-electron chi connectivity index (χ3n) is 4.66. The number of morpholine rings is 1. The highest BCUT2D eigenvalue weighted by Crippen LogP contribution is 2.29. The average molecular weight is 336 g/mol. The largest absolute Gasteiger partial charge is 0.464 e. The number of fused-ring (bicyclic) bond motifs is 1. The number of furan rings is 1. The fourth-order valence-electron chi connectivity index (χ4n) is 3.31. The lowest BCUT2D eigenvalue weighted by molar-refractivity contribution is -0.00891. The summed E-state index contributed by atoms with van der Waals surface area (Å²) in [5.41, 5.74) is 0.689. The summed E-state index contributed by atoms with van der Waals surface area (Å²) in [6.07, 6.45) is 4.33. The molecule has 0 saturated carbocycles. The van der Waals surface area contributed by atoms with Crippen LogP contribution in [0.15, 0.2) is 53.2 Å². The minimum absolute atomic E-state index is 0.000418. The van der Waals surface area contributed by atoms with E-state index in [0.29, 0.717) is 25.3 Å². The van der Waals surface area contributed by atoms with Crippen molar-refractivity contribution in [2.75, 3.05) is 19.8 Å². The molecule has 1 aromatic carbocycles. The second-order valence-electron chi connectivity index (χ2n) is 6.15. The van der Waals surface area contributed by atoms with Gasteiger partial charge in [-0.05, 0) is 29.7 Å². The Morgan fingerprint density at radius 1 is 1.28 bits per heavy atom. The van der Waals surface area contributed by atoms with Crippen LogP contribution in [0.2, 0.25) is 0 Å². The molecule has 0 aliphatic carbocycles. The van der Waals surface area contributed by atoms with Gasteiger partial charge in [0.15, 0.2) is 0 Å².